The lowest BCUT2D eigenvalue weighted by Gasteiger charge is -2.21. The lowest BCUT2D eigenvalue weighted by Crippen LogP contribution is -2.27. The van der Waals surface area contributed by atoms with Gasteiger partial charge in [0.1, 0.15) is 10.8 Å². The van der Waals surface area contributed by atoms with Gasteiger partial charge in [0.15, 0.2) is 0 Å². The summed E-state index contributed by atoms with van der Waals surface area (Å²) in [6, 6.07) is 12.1. The first-order chi connectivity index (χ1) is 13.5. The molecule has 0 saturated carbocycles. The van der Waals surface area contributed by atoms with E-state index >= 15 is 0 Å². The van der Waals surface area contributed by atoms with Crippen LogP contribution in [0.3, 0.4) is 0 Å². The van der Waals surface area contributed by atoms with Gasteiger partial charge in [-0.15, -0.1) is 10.2 Å². The minimum Gasteiger partial charge on any atom is -0.496 e. The van der Waals surface area contributed by atoms with Crippen molar-refractivity contribution in [2.45, 2.75) is 20.4 Å². The topological polar surface area (TPSA) is 73.5 Å². The van der Waals surface area contributed by atoms with E-state index in [4.69, 9.17) is 15.2 Å². The number of rotatable bonds is 8. The number of nitrogen functional groups attached to an aromatic ring is 1. The highest BCUT2D eigenvalue weighted by Crippen LogP contribution is 2.34. The summed E-state index contributed by atoms with van der Waals surface area (Å²) in [4.78, 5) is 2.15. The van der Waals surface area contributed by atoms with Crippen LogP contribution in [0, 0.1) is 13.8 Å². The molecular weight excluding hydrogens is 372 g/mol. The lowest BCUT2D eigenvalue weighted by molar-refractivity contribution is 0.205. The van der Waals surface area contributed by atoms with Gasteiger partial charge in [0.25, 0.3) is 0 Å². The summed E-state index contributed by atoms with van der Waals surface area (Å²) in [5, 5.41) is 10.6. The zero-order valence-corrected chi connectivity index (χ0v) is 17.5. The van der Waals surface area contributed by atoms with Crippen molar-refractivity contribution in [3.05, 3.63) is 53.1 Å². The van der Waals surface area contributed by atoms with Gasteiger partial charge in [-0.3, -0.25) is 0 Å². The molecule has 0 unspecified atom stereocenters. The predicted octanol–water partition coefficient (Wildman–Crippen LogP) is 4.07. The Morgan fingerprint density at radius 1 is 1.07 bits per heavy atom. The van der Waals surface area contributed by atoms with Crippen LogP contribution < -0.4 is 15.4 Å². The SMILES string of the molecule is COCCN(Cc1ccccc1N)c1nnc(-c2cc(C)c(OC)c(C)c2)s1. The molecule has 3 aromatic rings. The first kappa shape index (κ1) is 20.1. The third-order valence-electron chi connectivity index (χ3n) is 4.58. The largest absolute Gasteiger partial charge is 0.496 e. The monoisotopic (exact) mass is 398 g/mol. The van der Waals surface area contributed by atoms with E-state index in [1.54, 1.807) is 25.6 Å². The molecular formula is C21H26N4O2S. The second kappa shape index (κ2) is 9.03. The standard InChI is InChI=1S/C21H26N4O2S/c1-14-11-17(12-15(2)19(14)27-4)20-23-24-21(28-20)25(9-10-26-3)13-16-7-5-6-8-18(16)22/h5-8,11-12H,9-10,13,22H2,1-4H3. The summed E-state index contributed by atoms with van der Waals surface area (Å²) < 4.78 is 10.7. The Kier molecular flexibility index (Phi) is 6.49. The first-order valence-electron chi connectivity index (χ1n) is 9.10. The fraction of sp³-hybridized carbons (Fsp3) is 0.333. The predicted molar refractivity (Wildman–Crippen MR) is 115 cm³/mol. The molecule has 0 bridgehead atoms. The quantitative estimate of drug-likeness (QED) is 0.577. The molecule has 2 N–H and O–H groups in total. The number of nitrogens with zero attached hydrogens (tertiary/aromatic N) is 3. The van der Waals surface area contributed by atoms with E-state index in [9.17, 15) is 0 Å². The van der Waals surface area contributed by atoms with Gasteiger partial charge in [-0.1, -0.05) is 29.5 Å². The van der Waals surface area contributed by atoms with Gasteiger partial charge < -0.3 is 20.1 Å². The van der Waals surface area contributed by atoms with Gasteiger partial charge in [-0.2, -0.15) is 0 Å². The number of hydrogen-bond acceptors (Lipinski definition) is 7. The number of benzene rings is 2. The van der Waals surface area contributed by atoms with Crippen LogP contribution in [0.15, 0.2) is 36.4 Å². The zero-order valence-electron chi connectivity index (χ0n) is 16.7. The number of hydrogen-bond donors (Lipinski definition) is 1. The van der Waals surface area contributed by atoms with Gasteiger partial charge in [0, 0.05) is 31.5 Å². The summed E-state index contributed by atoms with van der Waals surface area (Å²) in [6.07, 6.45) is 0. The molecule has 2 aromatic carbocycles. The third kappa shape index (κ3) is 4.43. The third-order valence-corrected chi connectivity index (χ3v) is 5.61. The molecule has 0 amide bonds. The van der Waals surface area contributed by atoms with E-state index in [-0.39, 0.29) is 0 Å². The molecule has 0 spiro atoms. The molecule has 148 valence electrons. The van der Waals surface area contributed by atoms with Crippen molar-refractivity contribution in [2.75, 3.05) is 38.0 Å². The maximum atomic E-state index is 6.13. The van der Waals surface area contributed by atoms with Crippen LogP contribution in [0.1, 0.15) is 16.7 Å². The van der Waals surface area contributed by atoms with Gasteiger partial charge >= 0.3 is 0 Å². The van der Waals surface area contributed by atoms with Crippen LogP contribution in [-0.4, -0.2) is 37.6 Å². The average molecular weight is 399 g/mol. The van der Waals surface area contributed by atoms with E-state index in [0.717, 1.165) is 43.8 Å². The molecule has 0 radical (unpaired) electrons. The minimum absolute atomic E-state index is 0.600. The van der Waals surface area contributed by atoms with Gasteiger partial charge in [0.05, 0.1) is 13.7 Å². The molecule has 7 heteroatoms. The van der Waals surface area contributed by atoms with Gasteiger partial charge in [-0.05, 0) is 48.7 Å². The Morgan fingerprint density at radius 2 is 1.79 bits per heavy atom. The van der Waals surface area contributed by atoms with Crippen LogP contribution in [-0.2, 0) is 11.3 Å². The second-order valence-electron chi connectivity index (χ2n) is 6.65. The maximum absolute atomic E-state index is 6.13. The molecule has 0 aliphatic heterocycles. The summed E-state index contributed by atoms with van der Waals surface area (Å²) >= 11 is 1.57. The maximum Gasteiger partial charge on any atom is 0.208 e. The molecule has 0 aliphatic rings. The molecule has 0 atom stereocenters. The number of ether oxygens (including phenoxy) is 2. The minimum atomic E-state index is 0.600. The molecule has 1 aromatic heterocycles. The van der Waals surface area contributed by atoms with Gasteiger partial charge in [-0.25, -0.2) is 0 Å². The van der Waals surface area contributed by atoms with Crippen molar-refractivity contribution < 1.29 is 9.47 Å². The van der Waals surface area contributed by atoms with Crippen molar-refractivity contribution in [1.29, 1.82) is 0 Å². The summed E-state index contributed by atoms with van der Waals surface area (Å²) in [6.45, 7) is 6.05. The van der Waals surface area contributed by atoms with Crippen molar-refractivity contribution in [3.8, 4) is 16.3 Å². The Hall–Kier alpha value is -2.64. The zero-order chi connectivity index (χ0) is 20.1. The van der Waals surface area contributed by atoms with Crippen LogP contribution in [0.25, 0.3) is 10.6 Å². The lowest BCUT2D eigenvalue weighted by atomic mass is 10.1. The molecule has 3 rings (SSSR count). The summed E-state index contributed by atoms with van der Waals surface area (Å²) in [5.74, 6) is 0.912. The number of aromatic nitrogens is 2. The van der Waals surface area contributed by atoms with Crippen molar-refractivity contribution >= 4 is 22.2 Å². The number of anilines is 2. The normalized spacial score (nSPS) is 10.9. The first-order valence-corrected chi connectivity index (χ1v) is 9.91. The number of aryl methyl sites for hydroxylation is 2. The van der Waals surface area contributed by atoms with E-state index in [0.29, 0.717) is 19.7 Å². The fourth-order valence-electron chi connectivity index (χ4n) is 3.18. The number of para-hydroxylation sites is 1. The van der Waals surface area contributed by atoms with Crippen molar-refractivity contribution in [2.24, 2.45) is 0 Å². The van der Waals surface area contributed by atoms with Crippen LogP contribution in [0.2, 0.25) is 0 Å². The molecule has 0 saturated heterocycles. The summed E-state index contributed by atoms with van der Waals surface area (Å²) in [5.41, 5.74) is 11.2. The van der Waals surface area contributed by atoms with Crippen molar-refractivity contribution in [3.63, 3.8) is 0 Å². The second-order valence-corrected chi connectivity index (χ2v) is 7.60. The molecule has 28 heavy (non-hydrogen) atoms. The van der Waals surface area contributed by atoms with E-state index in [1.807, 2.05) is 38.1 Å². The molecule has 0 aliphatic carbocycles. The summed E-state index contributed by atoms with van der Waals surface area (Å²) in [7, 11) is 3.39. The van der Waals surface area contributed by atoms with Gasteiger partial charge in [0.2, 0.25) is 5.13 Å². The Morgan fingerprint density at radius 3 is 2.43 bits per heavy atom. The number of methoxy groups -OCH3 is 2. The van der Waals surface area contributed by atoms with Crippen LogP contribution >= 0.6 is 11.3 Å². The molecule has 6 nitrogen and oxygen atoms in total. The molecule has 0 fully saturated rings. The Balaban J connectivity index is 1.89. The van der Waals surface area contributed by atoms with Crippen LogP contribution in [0.4, 0.5) is 10.8 Å². The van der Waals surface area contributed by atoms with E-state index < -0.39 is 0 Å². The Bertz CT molecular complexity index is 919. The van der Waals surface area contributed by atoms with Crippen LogP contribution in [0.5, 0.6) is 5.75 Å². The number of nitrogens with two attached hydrogens (primary N) is 1. The van der Waals surface area contributed by atoms with E-state index in [1.165, 1.54) is 0 Å². The van der Waals surface area contributed by atoms with E-state index in [2.05, 4.69) is 27.2 Å². The fourth-order valence-corrected chi connectivity index (χ4v) is 4.04. The highest BCUT2D eigenvalue weighted by atomic mass is 32.1. The highest BCUT2D eigenvalue weighted by Gasteiger charge is 2.16. The smallest absolute Gasteiger partial charge is 0.208 e. The Labute approximate surface area is 169 Å². The van der Waals surface area contributed by atoms with Crippen molar-refractivity contribution in [1.82, 2.24) is 10.2 Å². The highest BCUT2D eigenvalue weighted by molar-refractivity contribution is 7.18. The average Bonchev–Trinajstić information content (AvgIpc) is 3.16. The molecule has 1 heterocycles.